The van der Waals surface area contributed by atoms with E-state index < -0.39 is 11.6 Å². The molecule has 4 nitrogen and oxygen atoms in total. The lowest BCUT2D eigenvalue weighted by atomic mass is 9.79. The van der Waals surface area contributed by atoms with Crippen molar-refractivity contribution in [1.29, 1.82) is 0 Å². The van der Waals surface area contributed by atoms with Crippen molar-refractivity contribution in [3.8, 4) is 0 Å². The number of benzene rings is 2. The second-order valence-corrected chi connectivity index (χ2v) is 11.1. The summed E-state index contributed by atoms with van der Waals surface area (Å²) in [7, 11) is 0. The summed E-state index contributed by atoms with van der Waals surface area (Å²) in [5.74, 6) is 0.148. The van der Waals surface area contributed by atoms with Gasteiger partial charge in [0.05, 0.1) is 12.0 Å². The molecule has 0 spiro atoms. The van der Waals surface area contributed by atoms with Crippen LogP contribution in [-0.4, -0.2) is 30.2 Å². The Morgan fingerprint density at radius 2 is 1.82 bits per heavy atom. The Hall–Kier alpha value is -2.77. The number of amides is 1. The van der Waals surface area contributed by atoms with Crippen molar-refractivity contribution in [1.82, 2.24) is 10.3 Å². The first kappa shape index (κ1) is 26.8. The molecule has 3 aromatic rings. The summed E-state index contributed by atoms with van der Waals surface area (Å²) in [4.78, 5) is 19.5. The first-order valence-electron chi connectivity index (χ1n) is 12.7. The van der Waals surface area contributed by atoms with E-state index >= 15 is 0 Å². The van der Waals surface area contributed by atoms with E-state index in [1.54, 1.807) is 11.0 Å². The summed E-state index contributed by atoms with van der Waals surface area (Å²) in [6.45, 7) is 1.81. The molecule has 1 aromatic heterocycles. The van der Waals surface area contributed by atoms with Gasteiger partial charge >= 0.3 is 6.18 Å². The van der Waals surface area contributed by atoms with Gasteiger partial charge in [0.15, 0.2) is 0 Å². The molecule has 0 radical (unpaired) electrons. The summed E-state index contributed by atoms with van der Waals surface area (Å²) in [5, 5.41) is 3.52. The van der Waals surface area contributed by atoms with Crippen LogP contribution in [0.5, 0.6) is 0 Å². The molecule has 2 aliphatic rings. The molecule has 2 heterocycles. The summed E-state index contributed by atoms with van der Waals surface area (Å²) in [5.41, 5.74) is 0.664. The number of aromatic nitrogens is 1. The van der Waals surface area contributed by atoms with Crippen LogP contribution in [0.4, 0.5) is 19.0 Å². The molecule has 38 heavy (non-hydrogen) atoms. The van der Waals surface area contributed by atoms with Gasteiger partial charge in [-0.15, -0.1) is 0 Å². The van der Waals surface area contributed by atoms with Crippen LogP contribution >= 0.6 is 23.2 Å². The van der Waals surface area contributed by atoms with Gasteiger partial charge in [-0.3, -0.25) is 4.79 Å². The highest BCUT2D eigenvalue weighted by molar-refractivity contribution is 6.34. The minimum atomic E-state index is -4.49. The van der Waals surface area contributed by atoms with Gasteiger partial charge in [-0.1, -0.05) is 59.6 Å². The number of carbonyl (C=O) groups is 1. The van der Waals surface area contributed by atoms with Gasteiger partial charge < -0.3 is 10.2 Å². The van der Waals surface area contributed by atoms with Gasteiger partial charge in [-0.2, -0.15) is 13.2 Å². The highest BCUT2D eigenvalue weighted by Gasteiger charge is 2.59. The van der Waals surface area contributed by atoms with Crippen molar-refractivity contribution in [3.63, 3.8) is 0 Å². The number of halogens is 5. The lowest BCUT2D eigenvalue weighted by Gasteiger charge is -2.33. The van der Waals surface area contributed by atoms with Crippen LogP contribution in [0.3, 0.4) is 0 Å². The molecule has 1 amide bonds. The largest absolute Gasteiger partial charge is 0.400 e. The topological polar surface area (TPSA) is 45.2 Å². The quantitative estimate of drug-likeness (QED) is 0.353. The van der Waals surface area contributed by atoms with Gasteiger partial charge in [0.1, 0.15) is 11.2 Å². The number of hydrogen-bond acceptors (Lipinski definition) is 3. The molecule has 3 unspecified atom stereocenters. The number of nitrogens with zero attached hydrogens (tertiary/aromatic N) is 2. The van der Waals surface area contributed by atoms with E-state index in [9.17, 15) is 18.0 Å². The molecule has 1 fully saturated rings. The van der Waals surface area contributed by atoms with Crippen LogP contribution in [0.1, 0.15) is 60.5 Å². The van der Waals surface area contributed by atoms with Crippen molar-refractivity contribution in [3.05, 3.63) is 93.1 Å². The zero-order valence-corrected chi connectivity index (χ0v) is 22.4. The first-order chi connectivity index (χ1) is 18.1. The molecule has 200 valence electrons. The number of rotatable bonds is 5. The molecule has 1 aliphatic carbocycles. The number of nitrogens with one attached hydrogen (secondary N) is 1. The maximum Gasteiger partial charge on any atom is 0.400 e. The van der Waals surface area contributed by atoms with Crippen LogP contribution in [0, 0.1) is 0 Å². The lowest BCUT2D eigenvalue weighted by Crippen LogP contribution is -2.45. The van der Waals surface area contributed by atoms with Crippen molar-refractivity contribution in [2.24, 2.45) is 0 Å². The molecular formula is C29H28Cl2F3N3O. The van der Waals surface area contributed by atoms with E-state index in [2.05, 4.69) is 5.32 Å². The number of fused-ring (bicyclic) bond motifs is 1. The number of alkyl halides is 3. The second kappa shape index (κ2) is 10.4. The van der Waals surface area contributed by atoms with Crippen molar-refractivity contribution in [2.45, 2.75) is 56.2 Å². The van der Waals surface area contributed by atoms with E-state index in [1.165, 1.54) is 18.2 Å². The smallest absolute Gasteiger partial charge is 0.355 e. The van der Waals surface area contributed by atoms with E-state index in [0.717, 1.165) is 29.7 Å². The van der Waals surface area contributed by atoms with Gasteiger partial charge in [-0.05, 0) is 73.6 Å². The zero-order valence-electron chi connectivity index (χ0n) is 20.9. The Labute approximate surface area is 230 Å². The van der Waals surface area contributed by atoms with Gasteiger partial charge in [-0.25, -0.2) is 4.98 Å². The Balaban J connectivity index is 1.37. The normalized spacial score (nSPS) is 22.2. The van der Waals surface area contributed by atoms with Crippen LogP contribution < -0.4 is 10.2 Å². The minimum absolute atomic E-state index is 0.0622. The number of hydrogen-bond donors (Lipinski definition) is 1. The third-order valence-corrected chi connectivity index (χ3v) is 8.27. The Morgan fingerprint density at radius 3 is 2.50 bits per heavy atom. The Morgan fingerprint density at radius 1 is 1.11 bits per heavy atom. The molecule has 0 bridgehead atoms. The predicted octanol–water partition coefficient (Wildman–Crippen LogP) is 7.40. The van der Waals surface area contributed by atoms with Crippen molar-refractivity contribution < 1.29 is 18.0 Å². The molecular weight excluding hydrogens is 534 g/mol. The van der Waals surface area contributed by atoms with Gasteiger partial charge in [0, 0.05) is 28.8 Å². The number of aryl methyl sites for hydroxylation is 1. The molecule has 1 N–H and O–H groups in total. The van der Waals surface area contributed by atoms with Crippen LogP contribution in [0.15, 0.2) is 60.7 Å². The third-order valence-electron chi connectivity index (χ3n) is 7.84. The fourth-order valence-corrected chi connectivity index (χ4v) is 6.16. The van der Waals surface area contributed by atoms with E-state index in [1.807, 2.05) is 43.3 Å². The van der Waals surface area contributed by atoms with E-state index in [0.29, 0.717) is 12.2 Å². The standard InChI is InChI=1S/C29H28Cl2F3N3O/c1-18(19-6-3-2-4-7-19)27(38)36-25-9-5-8-24-23(25)10-11-26(35-24)37-13-12-28(17-37,29(32,33)34)20-14-21(30)16-22(31)15-20/h2-4,6-7,10-11,14-16,18,25H,5,8-9,12-13,17H2,1H3,(H,36,38). The molecule has 1 aliphatic heterocycles. The van der Waals surface area contributed by atoms with Crippen LogP contribution in [0.2, 0.25) is 10.0 Å². The zero-order chi connectivity index (χ0) is 27.1. The number of pyridine rings is 1. The monoisotopic (exact) mass is 561 g/mol. The highest BCUT2D eigenvalue weighted by atomic mass is 35.5. The van der Waals surface area contributed by atoms with Crippen LogP contribution in [-0.2, 0) is 16.6 Å². The Bertz CT molecular complexity index is 1310. The second-order valence-electron chi connectivity index (χ2n) is 10.2. The fourth-order valence-electron chi connectivity index (χ4n) is 5.63. The first-order valence-corrected chi connectivity index (χ1v) is 13.5. The van der Waals surface area contributed by atoms with Crippen molar-refractivity contribution >= 4 is 34.9 Å². The van der Waals surface area contributed by atoms with Gasteiger partial charge in [0.2, 0.25) is 5.91 Å². The molecule has 0 saturated carbocycles. The van der Waals surface area contributed by atoms with E-state index in [-0.39, 0.29) is 53.0 Å². The predicted molar refractivity (Wildman–Crippen MR) is 144 cm³/mol. The maximum absolute atomic E-state index is 14.5. The summed E-state index contributed by atoms with van der Waals surface area (Å²) < 4.78 is 43.5. The van der Waals surface area contributed by atoms with Gasteiger partial charge in [0.25, 0.3) is 0 Å². The molecule has 3 atom stereocenters. The maximum atomic E-state index is 14.5. The highest BCUT2D eigenvalue weighted by Crippen LogP contribution is 2.49. The molecule has 9 heteroatoms. The molecule has 5 rings (SSSR count). The number of carbonyl (C=O) groups excluding carboxylic acids is 1. The van der Waals surface area contributed by atoms with Crippen molar-refractivity contribution in [2.75, 3.05) is 18.0 Å². The SMILES string of the molecule is CC(C(=O)NC1CCCc2nc(N3CCC(c4cc(Cl)cc(Cl)c4)(C(F)(F)F)C3)ccc21)c1ccccc1. The fraction of sp³-hybridized carbons (Fsp3) is 0.379. The minimum Gasteiger partial charge on any atom is -0.355 e. The summed E-state index contributed by atoms with van der Waals surface area (Å²) in [6.07, 6.45) is -2.28. The summed E-state index contributed by atoms with van der Waals surface area (Å²) in [6, 6.07) is 17.2. The lowest BCUT2D eigenvalue weighted by molar-refractivity contribution is -0.184. The van der Waals surface area contributed by atoms with Crippen LogP contribution in [0.25, 0.3) is 0 Å². The average molecular weight is 562 g/mol. The number of anilines is 1. The summed E-state index contributed by atoms with van der Waals surface area (Å²) >= 11 is 12.1. The third kappa shape index (κ3) is 5.10. The average Bonchev–Trinajstić information content (AvgIpc) is 3.35. The molecule has 2 aromatic carbocycles. The Kier molecular flexibility index (Phi) is 7.35. The van der Waals surface area contributed by atoms with E-state index in [4.69, 9.17) is 28.2 Å². The molecule has 1 saturated heterocycles.